The molecule has 0 saturated heterocycles. The standard InChI is InChI=1S/C11H12FNO/c12-10-4-6-11(7-5-10)14-9-3-1-2-8-13/h4-7H,1-3,9H2. The molecule has 0 bridgehead atoms. The van der Waals surface area contributed by atoms with Gasteiger partial charge in [0, 0.05) is 6.42 Å². The normalized spacial score (nSPS) is 9.43. The van der Waals surface area contributed by atoms with Crippen molar-refractivity contribution in [1.29, 1.82) is 5.26 Å². The summed E-state index contributed by atoms with van der Waals surface area (Å²) in [7, 11) is 0. The number of rotatable bonds is 5. The fraction of sp³-hybridized carbons (Fsp3) is 0.364. The molecule has 0 fully saturated rings. The van der Waals surface area contributed by atoms with Crippen LogP contribution in [0.25, 0.3) is 0 Å². The highest BCUT2D eigenvalue weighted by Gasteiger charge is 1.94. The number of unbranched alkanes of at least 4 members (excludes halogenated alkanes) is 2. The van der Waals surface area contributed by atoms with Gasteiger partial charge in [-0.3, -0.25) is 0 Å². The maximum absolute atomic E-state index is 12.5. The minimum absolute atomic E-state index is 0.262. The van der Waals surface area contributed by atoms with E-state index in [1.165, 1.54) is 12.1 Å². The van der Waals surface area contributed by atoms with Gasteiger partial charge in [-0.2, -0.15) is 5.26 Å². The molecule has 1 rings (SSSR count). The summed E-state index contributed by atoms with van der Waals surface area (Å²) in [6.07, 6.45) is 2.26. The molecule has 1 aromatic rings. The zero-order valence-electron chi connectivity index (χ0n) is 7.87. The molecule has 0 amide bonds. The summed E-state index contributed by atoms with van der Waals surface area (Å²) in [4.78, 5) is 0. The number of nitrogens with zero attached hydrogens (tertiary/aromatic N) is 1. The summed E-state index contributed by atoms with van der Waals surface area (Å²) in [5, 5.41) is 8.28. The summed E-state index contributed by atoms with van der Waals surface area (Å²) >= 11 is 0. The summed E-state index contributed by atoms with van der Waals surface area (Å²) in [6.45, 7) is 0.577. The largest absolute Gasteiger partial charge is 0.494 e. The van der Waals surface area contributed by atoms with Crippen molar-refractivity contribution in [1.82, 2.24) is 0 Å². The molecule has 0 unspecified atom stereocenters. The van der Waals surface area contributed by atoms with Crippen LogP contribution in [0.5, 0.6) is 5.75 Å². The predicted octanol–water partition coefficient (Wildman–Crippen LogP) is 2.90. The zero-order chi connectivity index (χ0) is 10.2. The molecule has 0 saturated carbocycles. The monoisotopic (exact) mass is 193 g/mol. The van der Waals surface area contributed by atoms with Crippen LogP contribution in [-0.4, -0.2) is 6.61 Å². The van der Waals surface area contributed by atoms with Gasteiger partial charge >= 0.3 is 0 Å². The van der Waals surface area contributed by atoms with Gasteiger partial charge in [0.25, 0.3) is 0 Å². The highest BCUT2D eigenvalue weighted by Crippen LogP contribution is 2.11. The Kier molecular flexibility index (Phi) is 4.49. The minimum atomic E-state index is -0.262. The first-order valence-electron chi connectivity index (χ1n) is 4.58. The number of hydrogen-bond donors (Lipinski definition) is 0. The van der Waals surface area contributed by atoms with Gasteiger partial charge in [-0.05, 0) is 37.1 Å². The van der Waals surface area contributed by atoms with Crippen molar-refractivity contribution in [2.24, 2.45) is 0 Å². The smallest absolute Gasteiger partial charge is 0.123 e. The Balaban J connectivity index is 2.19. The lowest BCUT2D eigenvalue weighted by atomic mass is 10.2. The Morgan fingerprint density at radius 1 is 1.21 bits per heavy atom. The maximum atomic E-state index is 12.5. The minimum Gasteiger partial charge on any atom is -0.494 e. The molecule has 0 radical (unpaired) electrons. The van der Waals surface area contributed by atoms with E-state index in [0.29, 0.717) is 18.8 Å². The molecule has 14 heavy (non-hydrogen) atoms. The Morgan fingerprint density at radius 3 is 2.57 bits per heavy atom. The van der Waals surface area contributed by atoms with Crippen molar-refractivity contribution in [3.63, 3.8) is 0 Å². The van der Waals surface area contributed by atoms with Gasteiger partial charge in [0.1, 0.15) is 11.6 Å². The lowest BCUT2D eigenvalue weighted by Crippen LogP contribution is -1.96. The van der Waals surface area contributed by atoms with Crippen LogP contribution in [0.15, 0.2) is 24.3 Å². The quantitative estimate of drug-likeness (QED) is 0.673. The van der Waals surface area contributed by atoms with E-state index < -0.39 is 0 Å². The number of ether oxygens (including phenoxy) is 1. The number of nitriles is 1. The van der Waals surface area contributed by atoms with Crippen molar-refractivity contribution in [2.75, 3.05) is 6.61 Å². The summed E-state index contributed by atoms with van der Waals surface area (Å²) in [5.74, 6) is 0.408. The van der Waals surface area contributed by atoms with Crippen LogP contribution in [0.3, 0.4) is 0 Å². The molecule has 2 nitrogen and oxygen atoms in total. The highest BCUT2D eigenvalue weighted by atomic mass is 19.1. The third-order valence-electron chi connectivity index (χ3n) is 1.77. The molecule has 0 spiro atoms. The topological polar surface area (TPSA) is 33.0 Å². The lowest BCUT2D eigenvalue weighted by molar-refractivity contribution is 0.307. The van der Waals surface area contributed by atoms with Crippen LogP contribution >= 0.6 is 0 Å². The van der Waals surface area contributed by atoms with Gasteiger partial charge in [0.2, 0.25) is 0 Å². The van der Waals surface area contributed by atoms with Gasteiger partial charge < -0.3 is 4.74 Å². The first kappa shape index (κ1) is 10.5. The van der Waals surface area contributed by atoms with Crippen LogP contribution in [0, 0.1) is 17.1 Å². The highest BCUT2D eigenvalue weighted by molar-refractivity contribution is 5.21. The first-order chi connectivity index (χ1) is 6.83. The second-order valence-corrected chi connectivity index (χ2v) is 2.92. The Labute approximate surface area is 82.9 Å². The fourth-order valence-electron chi connectivity index (χ4n) is 1.03. The molecular formula is C11H12FNO. The van der Waals surface area contributed by atoms with Gasteiger partial charge in [-0.15, -0.1) is 0 Å². The SMILES string of the molecule is N#CCCCCOc1ccc(F)cc1. The van der Waals surface area contributed by atoms with E-state index in [0.717, 1.165) is 12.8 Å². The summed E-state index contributed by atoms with van der Waals surface area (Å²) in [5.41, 5.74) is 0. The molecular weight excluding hydrogens is 181 g/mol. The van der Waals surface area contributed by atoms with Crippen molar-refractivity contribution < 1.29 is 9.13 Å². The second-order valence-electron chi connectivity index (χ2n) is 2.92. The molecule has 0 N–H and O–H groups in total. The molecule has 0 heterocycles. The first-order valence-corrected chi connectivity index (χ1v) is 4.58. The second kappa shape index (κ2) is 5.98. The predicted molar refractivity (Wildman–Crippen MR) is 51.4 cm³/mol. The Bertz CT molecular complexity index is 302. The third kappa shape index (κ3) is 3.90. The molecule has 74 valence electrons. The molecule has 0 aliphatic heterocycles. The summed E-state index contributed by atoms with van der Waals surface area (Å²) in [6, 6.07) is 7.99. The van der Waals surface area contributed by atoms with Gasteiger partial charge in [-0.25, -0.2) is 4.39 Å². The molecule has 1 aromatic carbocycles. The van der Waals surface area contributed by atoms with Crippen molar-refractivity contribution >= 4 is 0 Å². The van der Waals surface area contributed by atoms with E-state index in [2.05, 4.69) is 6.07 Å². The van der Waals surface area contributed by atoms with Crippen LogP contribution in [-0.2, 0) is 0 Å². The lowest BCUT2D eigenvalue weighted by Gasteiger charge is -2.04. The molecule has 0 aromatic heterocycles. The van der Waals surface area contributed by atoms with Gasteiger partial charge in [0.15, 0.2) is 0 Å². The van der Waals surface area contributed by atoms with E-state index in [9.17, 15) is 4.39 Å². The van der Waals surface area contributed by atoms with E-state index in [-0.39, 0.29) is 5.82 Å². The van der Waals surface area contributed by atoms with Gasteiger partial charge in [0.05, 0.1) is 12.7 Å². The van der Waals surface area contributed by atoms with E-state index >= 15 is 0 Å². The fourth-order valence-corrected chi connectivity index (χ4v) is 1.03. The summed E-state index contributed by atoms with van der Waals surface area (Å²) < 4.78 is 17.8. The van der Waals surface area contributed by atoms with Crippen LogP contribution in [0.2, 0.25) is 0 Å². The molecule has 0 aliphatic rings. The Hall–Kier alpha value is -1.56. The van der Waals surface area contributed by atoms with Crippen molar-refractivity contribution in [3.8, 4) is 11.8 Å². The average molecular weight is 193 g/mol. The number of benzene rings is 1. The van der Waals surface area contributed by atoms with Gasteiger partial charge in [-0.1, -0.05) is 0 Å². The van der Waals surface area contributed by atoms with E-state index in [1.54, 1.807) is 12.1 Å². The molecule has 0 aliphatic carbocycles. The van der Waals surface area contributed by atoms with Crippen LogP contribution < -0.4 is 4.74 Å². The molecule has 3 heteroatoms. The Morgan fingerprint density at radius 2 is 1.93 bits per heavy atom. The number of halogens is 1. The molecule has 0 atom stereocenters. The van der Waals surface area contributed by atoms with Crippen LogP contribution in [0.1, 0.15) is 19.3 Å². The van der Waals surface area contributed by atoms with Crippen molar-refractivity contribution in [2.45, 2.75) is 19.3 Å². The van der Waals surface area contributed by atoms with Crippen LogP contribution in [0.4, 0.5) is 4.39 Å². The number of hydrogen-bond acceptors (Lipinski definition) is 2. The maximum Gasteiger partial charge on any atom is 0.123 e. The van der Waals surface area contributed by atoms with E-state index in [4.69, 9.17) is 10.00 Å². The third-order valence-corrected chi connectivity index (χ3v) is 1.77. The average Bonchev–Trinajstić information content (AvgIpc) is 2.21. The van der Waals surface area contributed by atoms with Crippen molar-refractivity contribution in [3.05, 3.63) is 30.1 Å². The van der Waals surface area contributed by atoms with E-state index in [1.807, 2.05) is 0 Å². The zero-order valence-corrected chi connectivity index (χ0v) is 7.87.